The lowest BCUT2D eigenvalue weighted by molar-refractivity contribution is 0.0539. The number of ether oxygens (including phenoxy) is 1. The first kappa shape index (κ1) is 11.3. The van der Waals surface area contributed by atoms with Gasteiger partial charge in [0.25, 0.3) is 0 Å². The van der Waals surface area contributed by atoms with E-state index in [1.807, 2.05) is 0 Å². The van der Waals surface area contributed by atoms with Crippen molar-refractivity contribution < 1.29 is 4.74 Å². The van der Waals surface area contributed by atoms with Gasteiger partial charge in [0.15, 0.2) is 0 Å². The van der Waals surface area contributed by atoms with Crippen LogP contribution in [-0.4, -0.2) is 22.8 Å². The van der Waals surface area contributed by atoms with Crippen molar-refractivity contribution >= 4 is 0 Å². The van der Waals surface area contributed by atoms with E-state index in [1.54, 1.807) is 0 Å². The van der Waals surface area contributed by atoms with Crippen LogP contribution in [0.1, 0.15) is 50.0 Å². The Morgan fingerprint density at radius 3 is 3.18 bits per heavy atom. The summed E-state index contributed by atoms with van der Waals surface area (Å²) in [5.41, 5.74) is 1.45. The molecule has 3 nitrogen and oxygen atoms in total. The second-order valence-corrected chi connectivity index (χ2v) is 5.58. The predicted octanol–water partition coefficient (Wildman–Crippen LogP) is 2.75. The van der Waals surface area contributed by atoms with Gasteiger partial charge >= 0.3 is 0 Å². The molecule has 3 heteroatoms. The number of rotatable bonds is 2. The maximum Gasteiger partial charge on any atom is 0.109 e. The topological polar surface area (TPSA) is 27.1 Å². The molecule has 94 valence electrons. The first-order chi connectivity index (χ1) is 8.34. The van der Waals surface area contributed by atoms with Gasteiger partial charge in [-0.25, -0.2) is 4.98 Å². The SMILES string of the molecule is CC1CCCn2c1cnc2CC1CCCOC1. The van der Waals surface area contributed by atoms with Gasteiger partial charge in [0.1, 0.15) is 5.82 Å². The molecule has 0 N–H and O–H groups in total. The van der Waals surface area contributed by atoms with Gasteiger partial charge in [0.2, 0.25) is 0 Å². The lowest BCUT2D eigenvalue weighted by atomic mass is 9.96. The summed E-state index contributed by atoms with van der Waals surface area (Å²) in [5, 5.41) is 0. The summed E-state index contributed by atoms with van der Waals surface area (Å²) in [6, 6.07) is 0. The number of aromatic nitrogens is 2. The number of nitrogens with zero attached hydrogens (tertiary/aromatic N) is 2. The molecule has 0 spiro atoms. The monoisotopic (exact) mass is 234 g/mol. The van der Waals surface area contributed by atoms with Gasteiger partial charge in [-0.05, 0) is 37.5 Å². The van der Waals surface area contributed by atoms with Crippen LogP contribution in [-0.2, 0) is 17.7 Å². The molecule has 0 aromatic carbocycles. The van der Waals surface area contributed by atoms with E-state index in [0.717, 1.165) is 19.6 Å². The van der Waals surface area contributed by atoms with E-state index in [1.165, 1.54) is 43.7 Å². The fraction of sp³-hybridized carbons (Fsp3) is 0.786. The Morgan fingerprint density at radius 2 is 2.35 bits per heavy atom. The zero-order valence-electron chi connectivity index (χ0n) is 10.7. The van der Waals surface area contributed by atoms with E-state index in [9.17, 15) is 0 Å². The number of imidazole rings is 1. The largest absolute Gasteiger partial charge is 0.381 e. The second-order valence-electron chi connectivity index (χ2n) is 5.58. The summed E-state index contributed by atoms with van der Waals surface area (Å²) >= 11 is 0. The molecule has 1 fully saturated rings. The van der Waals surface area contributed by atoms with Crippen LogP contribution in [0, 0.1) is 5.92 Å². The molecule has 0 bridgehead atoms. The Balaban J connectivity index is 1.74. The van der Waals surface area contributed by atoms with Crippen molar-refractivity contribution in [2.24, 2.45) is 5.92 Å². The Kier molecular flexibility index (Phi) is 3.19. The molecule has 0 radical (unpaired) electrons. The van der Waals surface area contributed by atoms with E-state index in [-0.39, 0.29) is 0 Å². The van der Waals surface area contributed by atoms with Gasteiger partial charge in [-0.15, -0.1) is 0 Å². The standard InChI is InChI=1S/C14H22N2O/c1-11-4-2-6-16-13(11)9-15-14(16)8-12-5-3-7-17-10-12/h9,11-12H,2-8,10H2,1H3. The molecule has 2 aliphatic rings. The molecule has 1 saturated heterocycles. The smallest absolute Gasteiger partial charge is 0.109 e. The van der Waals surface area contributed by atoms with Crippen molar-refractivity contribution in [2.75, 3.05) is 13.2 Å². The van der Waals surface area contributed by atoms with Crippen LogP contribution in [0.15, 0.2) is 6.20 Å². The highest BCUT2D eigenvalue weighted by atomic mass is 16.5. The van der Waals surface area contributed by atoms with E-state index in [2.05, 4.69) is 22.7 Å². The van der Waals surface area contributed by atoms with Gasteiger partial charge in [-0.1, -0.05) is 6.92 Å². The first-order valence-electron chi connectivity index (χ1n) is 6.96. The molecule has 0 amide bonds. The fourth-order valence-electron chi connectivity index (χ4n) is 3.17. The van der Waals surface area contributed by atoms with E-state index in [0.29, 0.717) is 11.8 Å². The number of hydrogen-bond acceptors (Lipinski definition) is 2. The lowest BCUT2D eigenvalue weighted by Crippen LogP contribution is -2.22. The quantitative estimate of drug-likeness (QED) is 0.786. The molecule has 0 aliphatic carbocycles. The van der Waals surface area contributed by atoms with Crippen LogP contribution in [0.3, 0.4) is 0 Å². The molecule has 2 unspecified atom stereocenters. The Hall–Kier alpha value is -0.830. The van der Waals surface area contributed by atoms with Gasteiger partial charge in [0, 0.05) is 38.1 Å². The maximum absolute atomic E-state index is 5.56. The molecular weight excluding hydrogens is 212 g/mol. The zero-order valence-corrected chi connectivity index (χ0v) is 10.7. The van der Waals surface area contributed by atoms with Crippen molar-refractivity contribution in [1.82, 2.24) is 9.55 Å². The van der Waals surface area contributed by atoms with Gasteiger partial charge in [-0.2, -0.15) is 0 Å². The molecule has 3 heterocycles. The van der Waals surface area contributed by atoms with Crippen molar-refractivity contribution in [2.45, 2.75) is 51.5 Å². The van der Waals surface area contributed by atoms with Crippen molar-refractivity contribution in [3.63, 3.8) is 0 Å². The lowest BCUT2D eigenvalue weighted by Gasteiger charge is -2.25. The highest BCUT2D eigenvalue weighted by Crippen LogP contribution is 2.29. The molecule has 1 aromatic heterocycles. The second kappa shape index (κ2) is 4.81. The van der Waals surface area contributed by atoms with E-state index < -0.39 is 0 Å². The summed E-state index contributed by atoms with van der Waals surface area (Å²) in [4.78, 5) is 4.65. The normalized spacial score (nSPS) is 29.0. The minimum Gasteiger partial charge on any atom is -0.381 e. The van der Waals surface area contributed by atoms with Crippen LogP contribution in [0.25, 0.3) is 0 Å². The predicted molar refractivity (Wildman–Crippen MR) is 67.1 cm³/mol. The minimum atomic E-state index is 0.687. The average Bonchev–Trinajstić information content (AvgIpc) is 2.76. The van der Waals surface area contributed by atoms with Gasteiger partial charge < -0.3 is 9.30 Å². The van der Waals surface area contributed by atoms with Crippen LogP contribution in [0.2, 0.25) is 0 Å². The fourth-order valence-corrected chi connectivity index (χ4v) is 3.17. The average molecular weight is 234 g/mol. The Labute approximate surface area is 103 Å². The summed E-state index contributed by atoms with van der Waals surface area (Å²) in [7, 11) is 0. The van der Waals surface area contributed by atoms with Crippen LogP contribution >= 0.6 is 0 Å². The highest BCUT2D eigenvalue weighted by Gasteiger charge is 2.22. The van der Waals surface area contributed by atoms with Gasteiger partial charge in [0.05, 0.1) is 0 Å². The van der Waals surface area contributed by atoms with Crippen LogP contribution in [0.4, 0.5) is 0 Å². The summed E-state index contributed by atoms with van der Waals surface area (Å²) in [5.74, 6) is 2.67. The number of hydrogen-bond donors (Lipinski definition) is 0. The summed E-state index contributed by atoms with van der Waals surface area (Å²) in [6.07, 6.45) is 8.35. The molecule has 1 aromatic rings. The molecule has 0 saturated carbocycles. The molecule has 2 atom stereocenters. The maximum atomic E-state index is 5.56. The third-order valence-corrected chi connectivity index (χ3v) is 4.22. The third-order valence-electron chi connectivity index (χ3n) is 4.22. The first-order valence-corrected chi connectivity index (χ1v) is 6.96. The van der Waals surface area contributed by atoms with Crippen LogP contribution in [0.5, 0.6) is 0 Å². The van der Waals surface area contributed by atoms with Crippen molar-refractivity contribution in [1.29, 1.82) is 0 Å². The van der Waals surface area contributed by atoms with E-state index >= 15 is 0 Å². The van der Waals surface area contributed by atoms with Gasteiger partial charge in [-0.3, -0.25) is 0 Å². The summed E-state index contributed by atoms with van der Waals surface area (Å²) in [6.45, 7) is 5.37. The molecule has 2 aliphatic heterocycles. The Bertz CT molecular complexity index is 380. The minimum absolute atomic E-state index is 0.687. The third kappa shape index (κ3) is 2.25. The highest BCUT2D eigenvalue weighted by molar-refractivity contribution is 5.13. The Morgan fingerprint density at radius 1 is 1.41 bits per heavy atom. The van der Waals surface area contributed by atoms with E-state index in [4.69, 9.17) is 4.74 Å². The van der Waals surface area contributed by atoms with Crippen LogP contribution < -0.4 is 0 Å². The zero-order chi connectivity index (χ0) is 11.7. The molecule has 17 heavy (non-hydrogen) atoms. The number of fused-ring (bicyclic) bond motifs is 1. The molecular formula is C14H22N2O. The molecule has 3 rings (SSSR count). The van der Waals surface area contributed by atoms with Crippen molar-refractivity contribution in [3.8, 4) is 0 Å². The summed E-state index contributed by atoms with van der Waals surface area (Å²) < 4.78 is 8.02. The van der Waals surface area contributed by atoms with Crippen molar-refractivity contribution in [3.05, 3.63) is 17.7 Å².